The Morgan fingerprint density at radius 2 is 1.91 bits per heavy atom. The number of benzene rings is 1. The first-order valence-electron chi connectivity index (χ1n) is 10.5. The summed E-state index contributed by atoms with van der Waals surface area (Å²) < 4.78 is 7.65. The quantitative estimate of drug-likeness (QED) is 0.395. The minimum absolute atomic E-state index is 0.0809. The molecule has 1 saturated heterocycles. The summed E-state index contributed by atoms with van der Waals surface area (Å²) in [4.78, 5) is 14.0. The topological polar surface area (TPSA) is 126 Å². The summed E-state index contributed by atoms with van der Waals surface area (Å²) >= 11 is 7.44. The van der Waals surface area contributed by atoms with Gasteiger partial charge in [0.2, 0.25) is 0 Å². The molecule has 170 valence electrons. The van der Waals surface area contributed by atoms with Crippen LogP contribution in [-0.4, -0.2) is 71.0 Å². The van der Waals surface area contributed by atoms with Crippen molar-refractivity contribution in [2.75, 3.05) is 11.1 Å². The standard InChI is InChI=1S/C21H24ClN5O4S/c22-11-4-6-12(7-5-11)32-8-15-17(29)18(30)21(31-15)27-10-25-16-19(23-9-24-20(16)27)26-13-2-1-3-14(13)28/h4-7,9-10,13-15,17-18,21,28-30H,1-3,8H2,(H,23,24,26)/t13-,14-,15-,17-,18-,21-/m1/s1. The molecule has 3 aromatic rings. The second kappa shape index (κ2) is 9.12. The van der Waals surface area contributed by atoms with Gasteiger partial charge in [-0.05, 0) is 43.5 Å². The number of nitrogens with zero attached hydrogens (tertiary/aromatic N) is 4. The molecule has 9 nitrogen and oxygen atoms in total. The van der Waals surface area contributed by atoms with E-state index in [1.54, 1.807) is 16.7 Å². The lowest BCUT2D eigenvalue weighted by Crippen LogP contribution is -2.32. The average molecular weight is 478 g/mol. The van der Waals surface area contributed by atoms with Gasteiger partial charge in [-0.1, -0.05) is 11.6 Å². The number of aliphatic hydroxyl groups excluding tert-OH is 3. The van der Waals surface area contributed by atoms with Gasteiger partial charge in [0.25, 0.3) is 0 Å². The van der Waals surface area contributed by atoms with Gasteiger partial charge in [-0.2, -0.15) is 0 Å². The highest BCUT2D eigenvalue weighted by Gasteiger charge is 2.44. The summed E-state index contributed by atoms with van der Waals surface area (Å²) in [6.45, 7) is 0. The minimum Gasteiger partial charge on any atom is -0.391 e. The lowest BCUT2D eigenvalue weighted by molar-refractivity contribution is -0.0289. The van der Waals surface area contributed by atoms with E-state index >= 15 is 0 Å². The van der Waals surface area contributed by atoms with E-state index in [-0.39, 0.29) is 6.04 Å². The zero-order valence-corrected chi connectivity index (χ0v) is 18.7. The fraction of sp³-hybridized carbons (Fsp3) is 0.476. The molecule has 0 radical (unpaired) electrons. The Morgan fingerprint density at radius 3 is 2.66 bits per heavy atom. The van der Waals surface area contributed by atoms with Crippen LogP contribution in [0.25, 0.3) is 11.2 Å². The van der Waals surface area contributed by atoms with Gasteiger partial charge in [0.1, 0.15) is 18.5 Å². The minimum atomic E-state index is -1.13. The predicted molar refractivity (Wildman–Crippen MR) is 121 cm³/mol. The number of halogens is 1. The molecule has 32 heavy (non-hydrogen) atoms. The van der Waals surface area contributed by atoms with Crippen LogP contribution in [0.1, 0.15) is 25.5 Å². The van der Waals surface area contributed by atoms with Gasteiger partial charge < -0.3 is 25.4 Å². The monoisotopic (exact) mass is 477 g/mol. The van der Waals surface area contributed by atoms with Crippen LogP contribution in [0.2, 0.25) is 5.02 Å². The van der Waals surface area contributed by atoms with Crippen LogP contribution in [0.4, 0.5) is 5.82 Å². The first-order valence-corrected chi connectivity index (χ1v) is 11.9. The molecular weight excluding hydrogens is 454 g/mol. The normalized spacial score (nSPS) is 30.2. The van der Waals surface area contributed by atoms with Crippen LogP contribution in [0.15, 0.2) is 41.8 Å². The lowest BCUT2D eigenvalue weighted by atomic mass is 10.1. The second-order valence-corrected chi connectivity index (χ2v) is 9.64. The van der Waals surface area contributed by atoms with Crippen LogP contribution >= 0.6 is 23.4 Å². The third kappa shape index (κ3) is 4.18. The van der Waals surface area contributed by atoms with Crippen LogP contribution in [-0.2, 0) is 4.74 Å². The van der Waals surface area contributed by atoms with Crippen molar-refractivity contribution in [2.45, 2.75) is 60.8 Å². The number of hydrogen-bond acceptors (Lipinski definition) is 9. The molecule has 0 unspecified atom stereocenters. The molecule has 2 aromatic heterocycles. The maximum atomic E-state index is 10.7. The van der Waals surface area contributed by atoms with Crippen molar-refractivity contribution in [3.05, 3.63) is 41.9 Å². The molecule has 2 fully saturated rings. The fourth-order valence-corrected chi connectivity index (χ4v) is 5.32. The fourth-order valence-electron chi connectivity index (χ4n) is 4.23. The van der Waals surface area contributed by atoms with Crippen molar-refractivity contribution in [1.82, 2.24) is 19.5 Å². The molecule has 0 spiro atoms. The second-order valence-electron chi connectivity index (χ2n) is 8.11. The number of nitrogens with one attached hydrogen (secondary N) is 1. The molecule has 1 aliphatic heterocycles. The Hall–Kier alpha value is -1.95. The zero-order chi connectivity index (χ0) is 22.2. The number of aliphatic hydroxyl groups is 3. The van der Waals surface area contributed by atoms with Gasteiger partial charge in [-0.3, -0.25) is 4.57 Å². The maximum absolute atomic E-state index is 10.7. The van der Waals surface area contributed by atoms with Gasteiger partial charge in [-0.25, -0.2) is 15.0 Å². The molecule has 4 N–H and O–H groups in total. The highest BCUT2D eigenvalue weighted by molar-refractivity contribution is 7.99. The van der Waals surface area contributed by atoms with E-state index in [4.69, 9.17) is 16.3 Å². The van der Waals surface area contributed by atoms with Crippen LogP contribution in [0.5, 0.6) is 0 Å². The number of aromatic nitrogens is 4. The molecular formula is C21H24ClN5O4S. The summed E-state index contributed by atoms with van der Waals surface area (Å²) in [6, 6.07) is 7.33. The van der Waals surface area contributed by atoms with Gasteiger partial charge >= 0.3 is 0 Å². The van der Waals surface area contributed by atoms with Crippen LogP contribution < -0.4 is 5.32 Å². The smallest absolute Gasteiger partial charge is 0.167 e. The molecule has 1 aromatic carbocycles. The lowest BCUT2D eigenvalue weighted by Gasteiger charge is -2.18. The number of imidazole rings is 1. The third-order valence-electron chi connectivity index (χ3n) is 6.00. The van der Waals surface area contributed by atoms with Gasteiger partial charge in [-0.15, -0.1) is 11.8 Å². The van der Waals surface area contributed by atoms with Gasteiger partial charge in [0.15, 0.2) is 23.2 Å². The van der Waals surface area contributed by atoms with Crippen molar-refractivity contribution in [3.8, 4) is 0 Å². The Morgan fingerprint density at radius 1 is 1.09 bits per heavy atom. The Bertz CT molecular complexity index is 1080. The Labute approximate surface area is 193 Å². The summed E-state index contributed by atoms with van der Waals surface area (Å²) in [5.41, 5.74) is 1.01. The van der Waals surface area contributed by atoms with Crippen LogP contribution in [0.3, 0.4) is 0 Å². The van der Waals surface area contributed by atoms with Gasteiger partial charge in [0, 0.05) is 15.7 Å². The highest BCUT2D eigenvalue weighted by atomic mass is 35.5. The maximum Gasteiger partial charge on any atom is 0.167 e. The van der Waals surface area contributed by atoms with E-state index in [2.05, 4.69) is 20.3 Å². The summed E-state index contributed by atoms with van der Waals surface area (Å²) in [5.74, 6) is 0.993. The van der Waals surface area contributed by atoms with Crippen molar-refractivity contribution < 1.29 is 20.1 Å². The van der Waals surface area contributed by atoms with Gasteiger partial charge in [0.05, 0.1) is 24.6 Å². The van der Waals surface area contributed by atoms with E-state index < -0.39 is 30.6 Å². The largest absolute Gasteiger partial charge is 0.391 e. The number of hydrogen-bond donors (Lipinski definition) is 4. The SMILES string of the molecule is O[C@@H]1[C@H](O)[C@@H](CSc2ccc(Cl)cc2)O[C@H]1n1cnc2c(N[C@@H]3CCC[C@H]3O)ncnc21. The van der Waals surface area contributed by atoms with E-state index in [9.17, 15) is 15.3 Å². The molecule has 1 saturated carbocycles. The van der Waals surface area contributed by atoms with E-state index in [0.717, 1.165) is 24.2 Å². The Kier molecular flexibility index (Phi) is 6.24. The van der Waals surface area contributed by atoms with Crippen molar-refractivity contribution in [1.29, 1.82) is 0 Å². The number of thioether (sulfide) groups is 1. The number of anilines is 1. The van der Waals surface area contributed by atoms with E-state index in [1.807, 2.05) is 12.1 Å². The summed E-state index contributed by atoms with van der Waals surface area (Å²) in [6.07, 6.45) is 1.52. The average Bonchev–Trinajstić information content (AvgIpc) is 3.47. The molecule has 6 atom stereocenters. The predicted octanol–water partition coefficient (Wildman–Crippen LogP) is 2.22. The molecule has 5 rings (SSSR count). The first-order chi connectivity index (χ1) is 15.5. The summed E-state index contributed by atoms with van der Waals surface area (Å²) in [5, 5.41) is 35.3. The van der Waals surface area contributed by atoms with E-state index in [1.165, 1.54) is 24.4 Å². The van der Waals surface area contributed by atoms with Crippen molar-refractivity contribution >= 4 is 40.3 Å². The van der Waals surface area contributed by atoms with Crippen molar-refractivity contribution in [3.63, 3.8) is 0 Å². The summed E-state index contributed by atoms with van der Waals surface area (Å²) in [7, 11) is 0. The molecule has 1 aliphatic carbocycles. The van der Waals surface area contributed by atoms with E-state index in [0.29, 0.717) is 27.8 Å². The highest BCUT2D eigenvalue weighted by Crippen LogP contribution is 2.35. The molecule has 2 aliphatic rings. The number of rotatable bonds is 6. The number of fused-ring (bicyclic) bond motifs is 1. The molecule has 3 heterocycles. The van der Waals surface area contributed by atoms with Crippen LogP contribution in [0, 0.1) is 0 Å². The molecule has 11 heteroatoms. The zero-order valence-electron chi connectivity index (χ0n) is 17.1. The first kappa shape index (κ1) is 21.9. The molecule has 0 bridgehead atoms. The molecule has 0 amide bonds. The van der Waals surface area contributed by atoms with Crippen molar-refractivity contribution in [2.24, 2.45) is 0 Å². The Balaban J connectivity index is 1.33. The third-order valence-corrected chi connectivity index (χ3v) is 7.35. The number of ether oxygens (including phenoxy) is 1.